The van der Waals surface area contributed by atoms with Crippen molar-refractivity contribution in [2.75, 3.05) is 32.7 Å². The Morgan fingerprint density at radius 1 is 1.08 bits per heavy atom. The fourth-order valence-electron chi connectivity index (χ4n) is 4.24. The Balaban J connectivity index is 1.39. The number of amides is 1. The number of nitrogens with zero attached hydrogens (tertiary/aromatic N) is 5. The van der Waals surface area contributed by atoms with Crippen molar-refractivity contribution in [3.63, 3.8) is 0 Å². The molecule has 2 fully saturated rings. The van der Waals surface area contributed by atoms with Gasteiger partial charge in [-0.25, -0.2) is 9.50 Å². The maximum absolute atomic E-state index is 12.9. The van der Waals surface area contributed by atoms with Gasteiger partial charge in [-0.2, -0.15) is 5.10 Å². The Hall–Kier alpha value is -1.95. The van der Waals surface area contributed by atoms with Crippen LogP contribution in [-0.4, -0.2) is 63.0 Å². The zero-order valence-corrected chi connectivity index (χ0v) is 14.8. The molecule has 2 aliphatic rings. The lowest BCUT2D eigenvalue weighted by Gasteiger charge is -2.28. The van der Waals surface area contributed by atoms with Crippen LogP contribution in [0.2, 0.25) is 0 Å². The van der Waals surface area contributed by atoms with Gasteiger partial charge in [-0.05, 0) is 37.8 Å². The number of rotatable bonds is 3. The molecule has 6 nitrogen and oxygen atoms in total. The number of carbonyl (C=O) groups is 1. The minimum atomic E-state index is 0.0632. The molecule has 25 heavy (non-hydrogen) atoms. The highest BCUT2D eigenvalue weighted by atomic mass is 16.2. The van der Waals surface area contributed by atoms with Crippen LogP contribution in [0.15, 0.2) is 24.7 Å². The lowest BCUT2D eigenvalue weighted by Crippen LogP contribution is -2.36. The van der Waals surface area contributed by atoms with E-state index < -0.39 is 0 Å². The minimum Gasteiger partial charge on any atom is -0.337 e. The van der Waals surface area contributed by atoms with Gasteiger partial charge >= 0.3 is 0 Å². The molecule has 0 atom stereocenters. The molecule has 0 unspecified atom stereocenters. The van der Waals surface area contributed by atoms with Crippen molar-refractivity contribution in [1.82, 2.24) is 24.4 Å². The summed E-state index contributed by atoms with van der Waals surface area (Å²) in [5, 5.41) is 4.25. The summed E-state index contributed by atoms with van der Waals surface area (Å²) in [6.07, 6.45) is 13.2. The molecule has 1 amide bonds. The van der Waals surface area contributed by atoms with E-state index in [-0.39, 0.29) is 5.91 Å². The largest absolute Gasteiger partial charge is 0.337 e. The second-order valence-electron chi connectivity index (χ2n) is 7.40. The van der Waals surface area contributed by atoms with Gasteiger partial charge in [0.2, 0.25) is 0 Å². The molecule has 134 valence electrons. The van der Waals surface area contributed by atoms with Crippen molar-refractivity contribution in [1.29, 1.82) is 0 Å². The van der Waals surface area contributed by atoms with Crippen molar-refractivity contribution in [3.8, 4) is 0 Å². The molecule has 0 radical (unpaired) electrons. The number of fused-ring (bicyclic) bond motifs is 1. The Labute approximate surface area is 148 Å². The summed E-state index contributed by atoms with van der Waals surface area (Å²) in [7, 11) is 0. The van der Waals surface area contributed by atoms with Gasteiger partial charge in [-0.15, -0.1) is 0 Å². The quantitative estimate of drug-likeness (QED) is 0.860. The molecule has 6 heteroatoms. The van der Waals surface area contributed by atoms with E-state index >= 15 is 0 Å². The predicted molar refractivity (Wildman–Crippen MR) is 96.5 cm³/mol. The van der Waals surface area contributed by atoms with Gasteiger partial charge < -0.3 is 9.80 Å². The standard InChI is InChI=1S/C19H27N5O/c25-19(17-14-21-24-11-4-8-20-18(17)24)23-10-5-9-22(12-13-23)15-16-6-2-1-3-7-16/h4,8,11,14,16H,1-3,5-7,9-10,12-13,15H2. The summed E-state index contributed by atoms with van der Waals surface area (Å²) in [6, 6.07) is 1.82. The Morgan fingerprint density at radius 3 is 2.84 bits per heavy atom. The van der Waals surface area contributed by atoms with Crippen molar-refractivity contribution in [2.45, 2.75) is 38.5 Å². The van der Waals surface area contributed by atoms with Crippen molar-refractivity contribution in [3.05, 3.63) is 30.2 Å². The van der Waals surface area contributed by atoms with Gasteiger partial charge in [0.25, 0.3) is 5.91 Å². The van der Waals surface area contributed by atoms with Gasteiger partial charge in [0.1, 0.15) is 5.56 Å². The Bertz CT molecular complexity index is 721. The van der Waals surface area contributed by atoms with E-state index in [2.05, 4.69) is 15.0 Å². The molecule has 1 aliphatic carbocycles. The van der Waals surface area contributed by atoms with Gasteiger partial charge in [-0.3, -0.25) is 4.79 Å². The lowest BCUT2D eigenvalue weighted by molar-refractivity contribution is 0.0761. The molecule has 4 rings (SSSR count). The van der Waals surface area contributed by atoms with Crippen LogP contribution >= 0.6 is 0 Å². The van der Waals surface area contributed by atoms with E-state index in [9.17, 15) is 4.79 Å². The van der Waals surface area contributed by atoms with Crippen LogP contribution in [0.1, 0.15) is 48.9 Å². The average Bonchev–Trinajstić information content (AvgIpc) is 2.95. The predicted octanol–water partition coefficient (Wildman–Crippen LogP) is 2.46. The van der Waals surface area contributed by atoms with Crippen LogP contribution in [0.5, 0.6) is 0 Å². The molecule has 0 bridgehead atoms. The summed E-state index contributed by atoms with van der Waals surface area (Å²) < 4.78 is 1.67. The summed E-state index contributed by atoms with van der Waals surface area (Å²) in [6.45, 7) is 4.92. The number of hydrogen-bond donors (Lipinski definition) is 0. The van der Waals surface area contributed by atoms with Crippen LogP contribution in [0, 0.1) is 5.92 Å². The van der Waals surface area contributed by atoms with Gasteiger partial charge in [0, 0.05) is 38.6 Å². The van der Waals surface area contributed by atoms with Gasteiger partial charge in [0.05, 0.1) is 6.20 Å². The third-order valence-electron chi connectivity index (χ3n) is 5.63. The van der Waals surface area contributed by atoms with E-state index in [0.29, 0.717) is 11.2 Å². The Kier molecular flexibility index (Phi) is 4.97. The molecule has 2 aromatic heterocycles. The molecule has 0 N–H and O–H groups in total. The van der Waals surface area contributed by atoms with E-state index in [1.165, 1.54) is 38.6 Å². The van der Waals surface area contributed by atoms with E-state index in [1.807, 2.05) is 17.2 Å². The maximum Gasteiger partial charge on any atom is 0.259 e. The van der Waals surface area contributed by atoms with Gasteiger partial charge in [0.15, 0.2) is 5.65 Å². The highest BCUT2D eigenvalue weighted by Crippen LogP contribution is 2.25. The maximum atomic E-state index is 12.9. The molecular weight excluding hydrogens is 314 g/mol. The van der Waals surface area contributed by atoms with E-state index in [0.717, 1.165) is 38.5 Å². The molecule has 1 saturated carbocycles. The summed E-state index contributed by atoms with van der Waals surface area (Å²) in [4.78, 5) is 21.8. The third-order valence-corrected chi connectivity index (χ3v) is 5.63. The Morgan fingerprint density at radius 2 is 1.96 bits per heavy atom. The van der Waals surface area contributed by atoms with Crippen molar-refractivity contribution >= 4 is 11.6 Å². The average molecular weight is 341 g/mol. The summed E-state index contributed by atoms with van der Waals surface area (Å²) >= 11 is 0. The topological polar surface area (TPSA) is 53.7 Å². The molecule has 1 saturated heterocycles. The highest BCUT2D eigenvalue weighted by molar-refractivity contribution is 5.99. The van der Waals surface area contributed by atoms with Gasteiger partial charge in [-0.1, -0.05) is 19.3 Å². The number of carbonyl (C=O) groups excluding carboxylic acids is 1. The first-order valence-corrected chi connectivity index (χ1v) is 9.61. The first-order chi connectivity index (χ1) is 12.3. The molecule has 2 aromatic rings. The molecule has 3 heterocycles. The highest BCUT2D eigenvalue weighted by Gasteiger charge is 2.24. The second kappa shape index (κ2) is 7.52. The molecule has 0 aromatic carbocycles. The van der Waals surface area contributed by atoms with Crippen molar-refractivity contribution in [2.24, 2.45) is 5.92 Å². The van der Waals surface area contributed by atoms with Crippen molar-refractivity contribution < 1.29 is 4.79 Å². The fraction of sp³-hybridized carbons (Fsp3) is 0.632. The van der Waals surface area contributed by atoms with Crippen LogP contribution in [0.25, 0.3) is 5.65 Å². The SMILES string of the molecule is O=C(c1cnn2cccnc12)N1CCCN(CC2CCCCC2)CC1. The van der Waals surface area contributed by atoms with Crippen LogP contribution in [-0.2, 0) is 0 Å². The third kappa shape index (κ3) is 3.68. The first-order valence-electron chi connectivity index (χ1n) is 9.61. The number of hydrogen-bond acceptors (Lipinski definition) is 4. The summed E-state index contributed by atoms with van der Waals surface area (Å²) in [5.41, 5.74) is 1.26. The minimum absolute atomic E-state index is 0.0632. The van der Waals surface area contributed by atoms with E-state index in [1.54, 1.807) is 16.9 Å². The number of aromatic nitrogens is 3. The second-order valence-corrected chi connectivity index (χ2v) is 7.40. The smallest absolute Gasteiger partial charge is 0.259 e. The zero-order chi connectivity index (χ0) is 17.1. The normalized spacial score (nSPS) is 20.7. The molecule has 1 aliphatic heterocycles. The van der Waals surface area contributed by atoms with Crippen LogP contribution in [0.4, 0.5) is 0 Å². The van der Waals surface area contributed by atoms with Crippen LogP contribution in [0.3, 0.4) is 0 Å². The fourth-order valence-corrected chi connectivity index (χ4v) is 4.24. The van der Waals surface area contributed by atoms with E-state index in [4.69, 9.17) is 0 Å². The van der Waals surface area contributed by atoms with Crippen LogP contribution < -0.4 is 0 Å². The molecular formula is C19H27N5O. The first kappa shape index (κ1) is 16.5. The lowest BCUT2D eigenvalue weighted by atomic mass is 9.89. The summed E-state index contributed by atoms with van der Waals surface area (Å²) in [5.74, 6) is 0.924. The monoisotopic (exact) mass is 341 g/mol. The molecule has 0 spiro atoms. The zero-order valence-electron chi connectivity index (χ0n) is 14.8.